The summed E-state index contributed by atoms with van der Waals surface area (Å²) in [5.41, 5.74) is -1.20. The van der Waals surface area contributed by atoms with Gasteiger partial charge in [0.15, 0.2) is 0 Å². The highest BCUT2D eigenvalue weighted by molar-refractivity contribution is 6.07. The Morgan fingerprint density at radius 3 is 2.53 bits per heavy atom. The second-order valence-corrected chi connectivity index (χ2v) is 6.89. The van der Waals surface area contributed by atoms with Gasteiger partial charge >= 0.3 is 6.18 Å². The number of hydrogen-bond acceptors (Lipinski definition) is 4. The number of carbonyl (C=O) groups is 2. The van der Waals surface area contributed by atoms with Crippen molar-refractivity contribution in [1.82, 2.24) is 4.90 Å². The number of nitro benzene ring substituents is 1. The second kappa shape index (κ2) is 8.13. The number of nitro groups is 1. The first-order chi connectivity index (χ1) is 14.1. The van der Waals surface area contributed by atoms with Gasteiger partial charge in [-0.25, -0.2) is 0 Å². The first kappa shape index (κ1) is 21.3. The van der Waals surface area contributed by atoms with Crippen molar-refractivity contribution in [3.05, 3.63) is 69.3 Å². The van der Waals surface area contributed by atoms with Crippen molar-refractivity contribution in [2.75, 3.05) is 18.1 Å². The van der Waals surface area contributed by atoms with E-state index in [0.29, 0.717) is 19.4 Å². The van der Waals surface area contributed by atoms with Gasteiger partial charge in [0, 0.05) is 35.8 Å². The molecule has 30 heavy (non-hydrogen) atoms. The fraction of sp³-hybridized carbons (Fsp3) is 0.300. The number of alkyl halides is 3. The van der Waals surface area contributed by atoms with Gasteiger partial charge in [0.05, 0.1) is 10.5 Å². The van der Waals surface area contributed by atoms with Crippen LogP contribution < -0.4 is 4.90 Å². The lowest BCUT2D eigenvalue weighted by molar-refractivity contribution is -0.385. The van der Waals surface area contributed by atoms with Gasteiger partial charge in [-0.1, -0.05) is 12.1 Å². The predicted octanol–water partition coefficient (Wildman–Crippen LogP) is 4.15. The molecule has 2 aromatic carbocycles. The molecule has 2 aromatic rings. The molecule has 7 nitrogen and oxygen atoms in total. The van der Waals surface area contributed by atoms with E-state index in [4.69, 9.17) is 0 Å². The highest BCUT2D eigenvalue weighted by Gasteiger charge is 2.33. The molecular formula is C20H18F3N3O4. The number of halogens is 3. The second-order valence-electron chi connectivity index (χ2n) is 6.89. The third-order valence-electron chi connectivity index (χ3n) is 4.95. The van der Waals surface area contributed by atoms with Crippen LogP contribution in [0.1, 0.15) is 34.3 Å². The lowest BCUT2D eigenvalue weighted by atomic mass is 10.0. The zero-order valence-corrected chi connectivity index (χ0v) is 16.0. The summed E-state index contributed by atoms with van der Waals surface area (Å²) in [6.07, 6.45) is -3.74. The van der Waals surface area contributed by atoms with Crippen LogP contribution in [0.15, 0.2) is 42.5 Å². The largest absolute Gasteiger partial charge is 0.416 e. The SMILES string of the molecule is Cc1c(C(=O)N(CN2CCCC2=O)c2cccc(C(F)(F)F)c2)cccc1[N+](=O)[O-]. The van der Waals surface area contributed by atoms with Crippen LogP contribution in [-0.4, -0.2) is 34.9 Å². The van der Waals surface area contributed by atoms with E-state index in [2.05, 4.69) is 0 Å². The summed E-state index contributed by atoms with van der Waals surface area (Å²) in [6.45, 7) is 1.52. The molecule has 0 saturated carbocycles. The molecule has 1 heterocycles. The van der Waals surface area contributed by atoms with Crippen LogP contribution in [0.4, 0.5) is 24.5 Å². The average molecular weight is 421 g/mol. The van der Waals surface area contributed by atoms with Crippen LogP contribution in [0.2, 0.25) is 0 Å². The Morgan fingerprint density at radius 2 is 1.93 bits per heavy atom. The molecule has 1 aliphatic rings. The van der Waals surface area contributed by atoms with Crippen LogP contribution in [0, 0.1) is 17.0 Å². The lowest BCUT2D eigenvalue weighted by Gasteiger charge is -2.29. The van der Waals surface area contributed by atoms with Gasteiger partial charge in [0.2, 0.25) is 5.91 Å². The number of carbonyl (C=O) groups excluding carboxylic acids is 2. The van der Waals surface area contributed by atoms with Gasteiger partial charge in [-0.15, -0.1) is 0 Å². The molecule has 0 N–H and O–H groups in total. The summed E-state index contributed by atoms with van der Waals surface area (Å²) in [6, 6.07) is 8.16. The van der Waals surface area contributed by atoms with Gasteiger partial charge in [0.1, 0.15) is 6.67 Å². The zero-order valence-electron chi connectivity index (χ0n) is 16.0. The summed E-state index contributed by atoms with van der Waals surface area (Å²) in [7, 11) is 0. The maximum atomic E-state index is 13.3. The average Bonchev–Trinajstić information content (AvgIpc) is 3.09. The third kappa shape index (κ3) is 4.27. The molecule has 1 aliphatic heterocycles. The van der Waals surface area contributed by atoms with Crippen molar-refractivity contribution in [3.8, 4) is 0 Å². The van der Waals surface area contributed by atoms with E-state index < -0.39 is 22.6 Å². The van der Waals surface area contributed by atoms with E-state index in [1.54, 1.807) is 0 Å². The monoisotopic (exact) mass is 421 g/mol. The first-order valence-corrected chi connectivity index (χ1v) is 9.10. The molecule has 1 fully saturated rings. The Bertz CT molecular complexity index is 1010. The Balaban J connectivity index is 2.06. The molecule has 3 rings (SSSR count). The Labute approximate surface area is 169 Å². The molecule has 158 valence electrons. The smallest absolute Gasteiger partial charge is 0.324 e. The molecule has 0 radical (unpaired) electrons. The van der Waals surface area contributed by atoms with Crippen molar-refractivity contribution < 1.29 is 27.7 Å². The number of anilines is 1. The summed E-state index contributed by atoms with van der Waals surface area (Å²) in [4.78, 5) is 38.3. The molecule has 1 saturated heterocycles. The maximum Gasteiger partial charge on any atom is 0.416 e. The lowest BCUT2D eigenvalue weighted by Crippen LogP contribution is -2.42. The quantitative estimate of drug-likeness (QED) is 0.536. The van der Waals surface area contributed by atoms with Crippen LogP contribution in [0.5, 0.6) is 0 Å². The standard InChI is InChI=1S/C20H18F3N3O4/c1-13-16(7-3-8-17(13)26(29)30)19(28)25(12-24-10-4-9-18(24)27)15-6-2-5-14(11-15)20(21,22)23/h2-3,5-8,11H,4,9-10,12H2,1H3. The van der Waals surface area contributed by atoms with Crippen LogP contribution >= 0.6 is 0 Å². The van der Waals surface area contributed by atoms with E-state index >= 15 is 0 Å². The summed E-state index contributed by atoms with van der Waals surface area (Å²) in [5.74, 6) is -0.939. The Morgan fingerprint density at radius 1 is 1.23 bits per heavy atom. The number of hydrogen-bond donors (Lipinski definition) is 0. The predicted molar refractivity (Wildman–Crippen MR) is 102 cm³/mol. The van der Waals surface area contributed by atoms with E-state index in [0.717, 1.165) is 17.0 Å². The van der Waals surface area contributed by atoms with E-state index in [9.17, 15) is 32.9 Å². The molecule has 0 bridgehead atoms. The number of likely N-dealkylation sites (tertiary alicyclic amines) is 1. The highest BCUT2D eigenvalue weighted by Crippen LogP contribution is 2.33. The molecule has 2 amide bonds. The fourth-order valence-corrected chi connectivity index (χ4v) is 3.34. The molecule has 10 heteroatoms. The number of nitrogens with zero attached hydrogens (tertiary/aromatic N) is 3. The van der Waals surface area contributed by atoms with Crippen LogP contribution in [0.25, 0.3) is 0 Å². The van der Waals surface area contributed by atoms with Crippen LogP contribution in [0.3, 0.4) is 0 Å². The summed E-state index contributed by atoms with van der Waals surface area (Å²) < 4.78 is 39.6. The zero-order chi connectivity index (χ0) is 22.1. The Hall–Kier alpha value is -3.43. The minimum atomic E-state index is -4.62. The summed E-state index contributed by atoms with van der Waals surface area (Å²) in [5, 5.41) is 11.2. The van der Waals surface area contributed by atoms with Crippen molar-refractivity contribution >= 4 is 23.2 Å². The molecule has 0 unspecified atom stereocenters. The summed E-state index contributed by atoms with van der Waals surface area (Å²) >= 11 is 0. The Kier molecular flexibility index (Phi) is 5.77. The van der Waals surface area contributed by atoms with Crippen molar-refractivity contribution in [3.63, 3.8) is 0 Å². The van der Waals surface area contributed by atoms with Gasteiger partial charge in [0.25, 0.3) is 11.6 Å². The maximum absolute atomic E-state index is 13.3. The molecule has 0 spiro atoms. The van der Waals surface area contributed by atoms with Gasteiger partial charge < -0.3 is 4.90 Å². The fourth-order valence-electron chi connectivity index (χ4n) is 3.34. The number of benzene rings is 2. The molecular weight excluding hydrogens is 403 g/mol. The van der Waals surface area contributed by atoms with Gasteiger partial charge in [-0.3, -0.25) is 24.6 Å². The van der Waals surface area contributed by atoms with Gasteiger partial charge in [-0.2, -0.15) is 13.2 Å². The molecule has 0 atom stereocenters. The minimum absolute atomic E-state index is 0.0201. The van der Waals surface area contributed by atoms with Crippen molar-refractivity contribution in [1.29, 1.82) is 0 Å². The van der Waals surface area contributed by atoms with Gasteiger partial charge in [-0.05, 0) is 37.6 Å². The van der Waals surface area contributed by atoms with Crippen LogP contribution in [-0.2, 0) is 11.0 Å². The van der Waals surface area contributed by atoms with E-state index in [-0.39, 0.29) is 35.1 Å². The highest BCUT2D eigenvalue weighted by atomic mass is 19.4. The van der Waals surface area contributed by atoms with E-state index in [1.807, 2.05) is 0 Å². The molecule has 0 aromatic heterocycles. The third-order valence-corrected chi connectivity index (χ3v) is 4.95. The normalized spacial score (nSPS) is 14.1. The first-order valence-electron chi connectivity index (χ1n) is 9.10. The number of rotatable bonds is 5. The molecule has 0 aliphatic carbocycles. The van der Waals surface area contributed by atoms with E-state index in [1.165, 1.54) is 42.2 Å². The minimum Gasteiger partial charge on any atom is -0.324 e. The topological polar surface area (TPSA) is 83.8 Å². The number of amides is 2. The van der Waals surface area contributed by atoms with Crippen molar-refractivity contribution in [2.24, 2.45) is 0 Å². The van der Waals surface area contributed by atoms with Crippen molar-refractivity contribution in [2.45, 2.75) is 25.9 Å².